The molecule has 1 amide bonds. The van der Waals surface area contributed by atoms with Crippen molar-refractivity contribution in [2.24, 2.45) is 23.5 Å². The maximum Gasteiger partial charge on any atom is 0.225 e. The summed E-state index contributed by atoms with van der Waals surface area (Å²) in [6.07, 6.45) is 3.34. The lowest BCUT2D eigenvalue weighted by molar-refractivity contribution is -0.135. The molecule has 3 nitrogen and oxygen atoms in total. The van der Waals surface area contributed by atoms with Gasteiger partial charge in [0.1, 0.15) is 0 Å². The van der Waals surface area contributed by atoms with Crippen LogP contribution in [0.5, 0.6) is 0 Å². The van der Waals surface area contributed by atoms with Gasteiger partial charge in [0.2, 0.25) is 5.91 Å². The molecule has 0 aromatic rings. The van der Waals surface area contributed by atoms with Crippen LogP contribution in [-0.2, 0) is 4.79 Å². The molecule has 14 heavy (non-hydrogen) atoms. The van der Waals surface area contributed by atoms with Crippen LogP contribution in [0.4, 0.5) is 0 Å². The molecule has 0 spiro atoms. The fourth-order valence-corrected chi connectivity index (χ4v) is 2.24. The third-order valence-corrected chi connectivity index (χ3v) is 3.66. The van der Waals surface area contributed by atoms with Crippen LogP contribution in [-0.4, -0.2) is 30.4 Å². The van der Waals surface area contributed by atoms with Gasteiger partial charge in [-0.3, -0.25) is 4.79 Å². The van der Waals surface area contributed by atoms with Crippen LogP contribution in [0.1, 0.15) is 26.2 Å². The van der Waals surface area contributed by atoms with Crippen molar-refractivity contribution < 1.29 is 4.79 Å². The minimum Gasteiger partial charge on any atom is -0.342 e. The van der Waals surface area contributed by atoms with E-state index in [-0.39, 0.29) is 0 Å². The summed E-state index contributed by atoms with van der Waals surface area (Å²) in [5.74, 6) is 1.95. The second-order valence-corrected chi connectivity index (χ2v) is 4.82. The SMILES string of the molecule is CC1CCN(C(=O)C2CC2)CC1CN. The summed E-state index contributed by atoms with van der Waals surface area (Å²) in [4.78, 5) is 13.9. The molecule has 0 aromatic carbocycles. The Morgan fingerprint density at radius 3 is 2.71 bits per heavy atom. The molecule has 3 heteroatoms. The average molecular weight is 196 g/mol. The molecule has 2 atom stereocenters. The number of nitrogens with two attached hydrogens (primary N) is 1. The van der Waals surface area contributed by atoms with Gasteiger partial charge in [-0.15, -0.1) is 0 Å². The Morgan fingerprint density at radius 2 is 2.14 bits per heavy atom. The van der Waals surface area contributed by atoms with E-state index in [9.17, 15) is 4.79 Å². The lowest BCUT2D eigenvalue weighted by atomic mass is 9.87. The molecule has 2 rings (SSSR count). The molecular weight excluding hydrogens is 176 g/mol. The van der Waals surface area contributed by atoms with Gasteiger partial charge in [0, 0.05) is 19.0 Å². The van der Waals surface area contributed by atoms with Crippen LogP contribution in [0.2, 0.25) is 0 Å². The van der Waals surface area contributed by atoms with E-state index < -0.39 is 0 Å². The van der Waals surface area contributed by atoms with Crippen LogP contribution in [0.25, 0.3) is 0 Å². The average Bonchev–Trinajstić information content (AvgIpc) is 3.01. The van der Waals surface area contributed by atoms with Crippen LogP contribution >= 0.6 is 0 Å². The van der Waals surface area contributed by atoms with E-state index >= 15 is 0 Å². The van der Waals surface area contributed by atoms with Gasteiger partial charge in [0.15, 0.2) is 0 Å². The fraction of sp³-hybridized carbons (Fsp3) is 0.909. The van der Waals surface area contributed by atoms with Crippen molar-refractivity contribution in [2.75, 3.05) is 19.6 Å². The Kier molecular flexibility index (Phi) is 2.77. The molecule has 1 aliphatic heterocycles. The zero-order chi connectivity index (χ0) is 10.1. The van der Waals surface area contributed by atoms with E-state index in [0.717, 1.165) is 38.9 Å². The normalized spacial score (nSPS) is 33.1. The highest BCUT2D eigenvalue weighted by Crippen LogP contribution is 2.33. The lowest BCUT2D eigenvalue weighted by Crippen LogP contribution is -2.46. The molecule has 2 unspecified atom stereocenters. The summed E-state index contributed by atoms with van der Waals surface area (Å²) in [6, 6.07) is 0. The molecule has 80 valence electrons. The summed E-state index contributed by atoms with van der Waals surface area (Å²) in [6.45, 7) is 4.81. The van der Waals surface area contributed by atoms with E-state index in [1.165, 1.54) is 0 Å². The molecule has 1 aliphatic carbocycles. The van der Waals surface area contributed by atoms with Gasteiger partial charge < -0.3 is 10.6 Å². The van der Waals surface area contributed by atoms with Crippen molar-refractivity contribution in [1.29, 1.82) is 0 Å². The number of nitrogens with zero attached hydrogens (tertiary/aromatic N) is 1. The highest BCUT2D eigenvalue weighted by atomic mass is 16.2. The standard InChI is InChI=1S/C11H20N2O/c1-8-4-5-13(7-10(8)6-12)11(14)9-2-3-9/h8-10H,2-7,12H2,1H3. The first-order valence-electron chi connectivity index (χ1n) is 5.71. The van der Waals surface area contributed by atoms with Crippen molar-refractivity contribution in [3.8, 4) is 0 Å². The van der Waals surface area contributed by atoms with Crippen LogP contribution in [0.3, 0.4) is 0 Å². The zero-order valence-corrected chi connectivity index (χ0v) is 8.91. The summed E-state index contributed by atoms with van der Waals surface area (Å²) >= 11 is 0. The number of likely N-dealkylation sites (tertiary alicyclic amines) is 1. The maximum atomic E-state index is 11.8. The van der Waals surface area contributed by atoms with Crippen molar-refractivity contribution in [1.82, 2.24) is 4.90 Å². The van der Waals surface area contributed by atoms with Crippen molar-refractivity contribution in [2.45, 2.75) is 26.2 Å². The summed E-state index contributed by atoms with van der Waals surface area (Å²) in [5.41, 5.74) is 5.71. The van der Waals surface area contributed by atoms with Crippen molar-refractivity contribution in [3.63, 3.8) is 0 Å². The molecular formula is C11H20N2O. The largest absolute Gasteiger partial charge is 0.342 e. The van der Waals surface area contributed by atoms with Gasteiger partial charge in [-0.05, 0) is 37.6 Å². The van der Waals surface area contributed by atoms with Gasteiger partial charge in [0.25, 0.3) is 0 Å². The quantitative estimate of drug-likeness (QED) is 0.711. The number of amides is 1. The lowest BCUT2D eigenvalue weighted by Gasteiger charge is -2.36. The molecule has 1 heterocycles. The maximum absolute atomic E-state index is 11.8. The Morgan fingerprint density at radius 1 is 1.43 bits per heavy atom. The predicted octanol–water partition coefficient (Wildman–Crippen LogP) is 0.840. The Labute approximate surface area is 85.6 Å². The zero-order valence-electron chi connectivity index (χ0n) is 8.91. The molecule has 1 saturated carbocycles. The van der Waals surface area contributed by atoms with Gasteiger partial charge >= 0.3 is 0 Å². The highest BCUT2D eigenvalue weighted by Gasteiger charge is 2.36. The van der Waals surface area contributed by atoms with E-state index in [1.807, 2.05) is 4.90 Å². The van der Waals surface area contributed by atoms with Gasteiger partial charge in [-0.2, -0.15) is 0 Å². The first kappa shape index (κ1) is 9.97. The van der Waals surface area contributed by atoms with Crippen molar-refractivity contribution in [3.05, 3.63) is 0 Å². The van der Waals surface area contributed by atoms with Crippen LogP contribution in [0.15, 0.2) is 0 Å². The summed E-state index contributed by atoms with van der Waals surface area (Å²) in [7, 11) is 0. The number of piperidine rings is 1. The summed E-state index contributed by atoms with van der Waals surface area (Å²) < 4.78 is 0. The molecule has 1 saturated heterocycles. The molecule has 2 aliphatic rings. The molecule has 2 N–H and O–H groups in total. The van der Waals surface area contributed by atoms with E-state index in [2.05, 4.69) is 6.92 Å². The van der Waals surface area contributed by atoms with Gasteiger partial charge in [0.05, 0.1) is 0 Å². The number of carbonyl (C=O) groups is 1. The minimum absolute atomic E-state index is 0.363. The van der Waals surface area contributed by atoms with E-state index in [4.69, 9.17) is 5.73 Å². The third-order valence-electron chi connectivity index (χ3n) is 3.66. The fourth-order valence-electron chi connectivity index (χ4n) is 2.24. The monoisotopic (exact) mass is 196 g/mol. The molecule has 0 radical (unpaired) electrons. The summed E-state index contributed by atoms with van der Waals surface area (Å²) in [5, 5.41) is 0. The smallest absolute Gasteiger partial charge is 0.225 e. The van der Waals surface area contributed by atoms with Crippen LogP contribution < -0.4 is 5.73 Å². The predicted molar refractivity (Wildman–Crippen MR) is 55.6 cm³/mol. The Bertz CT molecular complexity index is 225. The van der Waals surface area contributed by atoms with Gasteiger partial charge in [-0.25, -0.2) is 0 Å². The van der Waals surface area contributed by atoms with Gasteiger partial charge in [-0.1, -0.05) is 6.92 Å². The number of hydrogen-bond acceptors (Lipinski definition) is 2. The first-order chi connectivity index (χ1) is 6.72. The third kappa shape index (κ3) is 1.92. The second-order valence-electron chi connectivity index (χ2n) is 4.82. The highest BCUT2D eigenvalue weighted by molar-refractivity contribution is 5.81. The number of rotatable bonds is 2. The molecule has 0 bridgehead atoms. The molecule has 2 fully saturated rings. The van der Waals surface area contributed by atoms with Crippen LogP contribution in [0, 0.1) is 17.8 Å². The van der Waals surface area contributed by atoms with Crippen molar-refractivity contribution >= 4 is 5.91 Å². The van der Waals surface area contributed by atoms with E-state index in [0.29, 0.717) is 23.7 Å². The number of hydrogen-bond donors (Lipinski definition) is 1. The molecule has 0 aromatic heterocycles. The topological polar surface area (TPSA) is 46.3 Å². The number of carbonyl (C=O) groups excluding carboxylic acids is 1. The van der Waals surface area contributed by atoms with E-state index in [1.54, 1.807) is 0 Å². The first-order valence-corrected chi connectivity index (χ1v) is 5.71. The Hall–Kier alpha value is -0.570. The second kappa shape index (κ2) is 3.89. The minimum atomic E-state index is 0.363. The Balaban J connectivity index is 1.91.